The number of nitrogen functional groups attached to an aromatic ring is 1. The first kappa shape index (κ1) is 22.5. The van der Waals surface area contributed by atoms with E-state index in [-0.39, 0.29) is 18.4 Å². The smallest absolute Gasteiger partial charge is 0.229 e. The Balaban J connectivity index is 1.44. The summed E-state index contributed by atoms with van der Waals surface area (Å²) in [5.74, 6) is 2.03. The van der Waals surface area contributed by atoms with Crippen molar-refractivity contribution in [1.82, 2.24) is 25.3 Å². The molecule has 3 aromatic heterocycles. The Morgan fingerprint density at radius 1 is 1.20 bits per heavy atom. The number of amides is 1. The van der Waals surface area contributed by atoms with Crippen LogP contribution in [0.2, 0.25) is 0 Å². The molecule has 1 atom stereocenters. The van der Waals surface area contributed by atoms with Gasteiger partial charge in [0.05, 0.1) is 36.8 Å². The van der Waals surface area contributed by atoms with Gasteiger partial charge in [0.25, 0.3) is 0 Å². The van der Waals surface area contributed by atoms with E-state index in [0.29, 0.717) is 34.4 Å². The van der Waals surface area contributed by atoms with Crippen molar-refractivity contribution >= 4 is 34.1 Å². The molecule has 4 heterocycles. The van der Waals surface area contributed by atoms with Gasteiger partial charge in [-0.25, -0.2) is 15.0 Å². The van der Waals surface area contributed by atoms with E-state index in [0.717, 1.165) is 36.0 Å². The number of nitrogens with one attached hydrogen (secondary N) is 3. The highest BCUT2D eigenvalue weighted by Crippen LogP contribution is 2.32. The number of aromatic nitrogens is 4. The molecule has 4 aromatic rings. The topological polar surface area (TPSA) is 140 Å². The number of methoxy groups -OCH3 is 1. The third-order valence-corrected chi connectivity index (χ3v) is 5.82. The van der Waals surface area contributed by atoms with Crippen LogP contribution in [0.3, 0.4) is 0 Å². The fraction of sp³-hybridized carbons (Fsp3) is 0.240. The van der Waals surface area contributed by atoms with Crippen LogP contribution in [0.5, 0.6) is 5.75 Å². The summed E-state index contributed by atoms with van der Waals surface area (Å²) in [4.78, 5) is 30.7. The Hall–Kier alpha value is -4.31. The van der Waals surface area contributed by atoms with E-state index in [2.05, 4.69) is 25.9 Å². The standard InChI is InChI=1S/C25H26N8O2/c1-35-20-14-28-13-19-23(20)25(30-18-7-8-27-12-18)33-24(31-19)16-6-9-29-21(11-16)32-22(34)10-15-2-4-17(26)5-3-15/h2-6,9,11,13-14,18,27H,7-8,10,12,26H2,1H3,(H,29,32,34)(H,30,31,33). The summed E-state index contributed by atoms with van der Waals surface area (Å²) in [6.45, 7) is 1.81. The zero-order valence-corrected chi connectivity index (χ0v) is 19.3. The van der Waals surface area contributed by atoms with Gasteiger partial charge >= 0.3 is 0 Å². The van der Waals surface area contributed by atoms with Crippen molar-refractivity contribution in [3.63, 3.8) is 0 Å². The highest BCUT2D eigenvalue weighted by atomic mass is 16.5. The lowest BCUT2D eigenvalue weighted by atomic mass is 10.1. The van der Waals surface area contributed by atoms with E-state index in [1.54, 1.807) is 43.9 Å². The number of carbonyl (C=O) groups excluding carboxylic acids is 1. The fourth-order valence-corrected chi connectivity index (χ4v) is 4.06. The number of hydrogen-bond acceptors (Lipinski definition) is 9. The van der Waals surface area contributed by atoms with Crippen molar-refractivity contribution < 1.29 is 9.53 Å². The van der Waals surface area contributed by atoms with Crippen LogP contribution in [-0.4, -0.2) is 52.1 Å². The molecule has 1 amide bonds. The van der Waals surface area contributed by atoms with Crippen LogP contribution in [0.25, 0.3) is 22.3 Å². The number of pyridine rings is 2. The molecule has 1 saturated heterocycles. The van der Waals surface area contributed by atoms with Crippen LogP contribution in [0.4, 0.5) is 17.3 Å². The Morgan fingerprint density at radius 3 is 2.83 bits per heavy atom. The molecule has 5 rings (SSSR count). The molecule has 1 aromatic carbocycles. The Bertz CT molecular complexity index is 1350. The van der Waals surface area contributed by atoms with Crippen LogP contribution in [-0.2, 0) is 11.2 Å². The molecule has 0 saturated carbocycles. The van der Waals surface area contributed by atoms with Crippen molar-refractivity contribution in [3.8, 4) is 17.1 Å². The minimum atomic E-state index is -0.177. The lowest BCUT2D eigenvalue weighted by molar-refractivity contribution is -0.115. The summed E-state index contributed by atoms with van der Waals surface area (Å²) in [6, 6.07) is 11.0. The van der Waals surface area contributed by atoms with Crippen molar-refractivity contribution in [3.05, 3.63) is 60.6 Å². The third kappa shape index (κ3) is 5.12. The van der Waals surface area contributed by atoms with E-state index >= 15 is 0 Å². The van der Waals surface area contributed by atoms with Crippen LogP contribution in [0.1, 0.15) is 12.0 Å². The average molecular weight is 471 g/mol. The number of ether oxygens (including phenoxy) is 1. The third-order valence-electron chi connectivity index (χ3n) is 5.82. The zero-order valence-electron chi connectivity index (χ0n) is 19.3. The van der Waals surface area contributed by atoms with E-state index in [9.17, 15) is 4.79 Å². The van der Waals surface area contributed by atoms with Crippen LogP contribution < -0.4 is 26.4 Å². The van der Waals surface area contributed by atoms with Gasteiger partial charge in [0, 0.05) is 30.0 Å². The Morgan fingerprint density at radius 2 is 2.06 bits per heavy atom. The molecule has 35 heavy (non-hydrogen) atoms. The van der Waals surface area contributed by atoms with Gasteiger partial charge in [0.1, 0.15) is 17.4 Å². The van der Waals surface area contributed by atoms with Crippen molar-refractivity contribution in [2.24, 2.45) is 0 Å². The van der Waals surface area contributed by atoms with Gasteiger partial charge < -0.3 is 26.4 Å². The van der Waals surface area contributed by atoms with Crippen LogP contribution in [0.15, 0.2) is 55.0 Å². The second-order valence-electron chi connectivity index (χ2n) is 8.36. The number of hydrogen-bond donors (Lipinski definition) is 4. The van der Waals surface area contributed by atoms with E-state index < -0.39 is 0 Å². The van der Waals surface area contributed by atoms with Gasteiger partial charge in [0.2, 0.25) is 5.91 Å². The molecule has 10 heteroatoms. The molecule has 5 N–H and O–H groups in total. The normalized spacial score (nSPS) is 15.2. The van der Waals surface area contributed by atoms with Gasteiger partial charge in [-0.2, -0.15) is 0 Å². The van der Waals surface area contributed by atoms with Gasteiger partial charge in [-0.1, -0.05) is 12.1 Å². The molecule has 1 aliphatic heterocycles. The molecule has 1 unspecified atom stereocenters. The zero-order chi connectivity index (χ0) is 24.2. The monoisotopic (exact) mass is 470 g/mol. The molecular formula is C25H26N8O2. The van der Waals surface area contributed by atoms with E-state index in [1.165, 1.54) is 0 Å². The largest absolute Gasteiger partial charge is 0.494 e. The summed E-state index contributed by atoms with van der Waals surface area (Å²) < 4.78 is 5.53. The maximum absolute atomic E-state index is 12.6. The summed E-state index contributed by atoms with van der Waals surface area (Å²) in [6.07, 6.45) is 6.18. The summed E-state index contributed by atoms with van der Waals surface area (Å²) >= 11 is 0. The lowest BCUT2D eigenvalue weighted by Crippen LogP contribution is -2.23. The summed E-state index contributed by atoms with van der Waals surface area (Å²) in [7, 11) is 1.60. The molecule has 10 nitrogen and oxygen atoms in total. The predicted octanol–water partition coefficient (Wildman–Crippen LogP) is 2.63. The van der Waals surface area contributed by atoms with E-state index in [4.69, 9.17) is 20.4 Å². The second-order valence-corrected chi connectivity index (χ2v) is 8.36. The van der Waals surface area contributed by atoms with Crippen molar-refractivity contribution in [2.75, 3.05) is 36.6 Å². The van der Waals surface area contributed by atoms with Gasteiger partial charge in [-0.15, -0.1) is 0 Å². The summed E-state index contributed by atoms with van der Waals surface area (Å²) in [5, 5.41) is 10.5. The quantitative estimate of drug-likeness (QED) is 0.300. The predicted molar refractivity (Wildman–Crippen MR) is 135 cm³/mol. The number of rotatable bonds is 7. The number of nitrogens with two attached hydrogens (primary N) is 1. The van der Waals surface area contributed by atoms with Crippen molar-refractivity contribution in [1.29, 1.82) is 0 Å². The van der Waals surface area contributed by atoms with Crippen molar-refractivity contribution in [2.45, 2.75) is 18.9 Å². The number of nitrogens with zero attached hydrogens (tertiary/aromatic N) is 4. The minimum Gasteiger partial charge on any atom is -0.494 e. The first-order chi connectivity index (χ1) is 17.1. The second kappa shape index (κ2) is 9.90. The summed E-state index contributed by atoms with van der Waals surface area (Å²) in [5.41, 5.74) is 8.62. The Labute approximate surface area is 202 Å². The number of benzene rings is 1. The molecule has 0 bridgehead atoms. The van der Waals surface area contributed by atoms with Gasteiger partial charge in [-0.05, 0) is 42.8 Å². The van der Waals surface area contributed by atoms with Crippen LogP contribution in [0, 0.1) is 0 Å². The molecule has 0 radical (unpaired) electrons. The van der Waals surface area contributed by atoms with Gasteiger partial charge in [-0.3, -0.25) is 9.78 Å². The molecular weight excluding hydrogens is 444 g/mol. The molecule has 0 aliphatic carbocycles. The molecule has 1 fully saturated rings. The number of anilines is 3. The van der Waals surface area contributed by atoms with Gasteiger partial charge in [0.15, 0.2) is 5.82 Å². The maximum Gasteiger partial charge on any atom is 0.229 e. The van der Waals surface area contributed by atoms with Crippen LogP contribution >= 0.6 is 0 Å². The number of carbonyl (C=O) groups is 1. The first-order valence-corrected chi connectivity index (χ1v) is 11.4. The maximum atomic E-state index is 12.6. The van der Waals surface area contributed by atoms with E-state index in [1.807, 2.05) is 18.2 Å². The molecule has 1 aliphatic rings. The fourth-order valence-electron chi connectivity index (χ4n) is 4.06. The average Bonchev–Trinajstić information content (AvgIpc) is 3.38. The highest BCUT2D eigenvalue weighted by molar-refractivity contribution is 5.95. The Kier molecular flexibility index (Phi) is 6.36. The SMILES string of the molecule is COc1cncc2nc(-c3ccnc(NC(=O)Cc4ccc(N)cc4)c3)nc(NC3CCNC3)c12. The minimum absolute atomic E-state index is 0.177. The molecule has 0 spiro atoms. The number of fused-ring (bicyclic) bond motifs is 1. The first-order valence-electron chi connectivity index (χ1n) is 11.4. The molecule has 178 valence electrons. The highest BCUT2D eigenvalue weighted by Gasteiger charge is 2.20. The lowest BCUT2D eigenvalue weighted by Gasteiger charge is -2.16.